The van der Waals surface area contributed by atoms with Gasteiger partial charge in [0.15, 0.2) is 51.4 Å². The largest absolute Gasteiger partial charge is 0.451 e. The van der Waals surface area contributed by atoms with E-state index in [0.29, 0.717) is 18.6 Å². The molecule has 0 N–H and O–H groups in total. The molecule has 18 nitrogen and oxygen atoms in total. The molecular weight excluding hydrogens is 747 g/mol. The van der Waals surface area contributed by atoms with Crippen LogP contribution in [0.25, 0.3) is 16.7 Å². The Bertz CT molecular complexity index is 2660. The molecular formula is C27H3F9N18. The third-order valence-electron chi connectivity index (χ3n) is 6.64. The first kappa shape index (κ1) is 34.6. The fourth-order valence-corrected chi connectivity index (χ4v) is 4.36. The number of nitriles is 3. The molecule has 0 atom stereocenters. The molecule has 27 heteroatoms. The van der Waals surface area contributed by atoms with Crippen LogP contribution in [0.4, 0.5) is 39.5 Å². The normalized spacial score (nSPS) is 14.0. The van der Waals surface area contributed by atoms with Gasteiger partial charge in [-0.2, -0.15) is 55.3 Å². The number of hydrogen-bond acceptors (Lipinski definition) is 18. The van der Waals surface area contributed by atoms with Gasteiger partial charge in [0, 0.05) is 0 Å². The Balaban J connectivity index is 1.47. The average molecular weight is 750 g/mol. The van der Waals surface area contributed by atoms with Crippen molar-refractivity contribution in [2.45, 2.75) is 18.5 Å². The summed E-state index contributed by atoms with van der Waals surface area (Å²) in [4.78, 5) is 54.7. The lowest BCUT2D eigenvalue weighted by Gasteiger charge is -2.07. The molecule has 7 heterocycles. The summed E-state index contributed by atoms with van der Waals surface area (Å²) in [5.41, 5.74) is -4.00. The van der Waals surface area contributed by atoms with Crippen LogP contribution in [0.1, 0.15) is 34.9 Å². The zero-order chi connectivity index (χ0) is 38.7. The smallest absolute Gasteiger partial charge is 0.231 e. The van der Waals surface area contributed by atoms with Gasteiger partial charge in [0.1, 0.15) is 51.0 Å². The first-order valence-electron chi connectivity index (χ1n) is 13.8. The van der Waals surface area contributed by atoms with Crippen molar-refractivity contribution in [3.05, 3.63) is 104 Å². The van der Waals surface area contributed by atoms with Crippen molar-refractivity contribution in [3.8, 4) is 18.2 Å². The van der Waals surface area contributed by atoms with E-state index in [1.807, 2.05) is 0 Å². The van der Waals surface area contributed by atoms with Crippen molar-refractivity contribution in [2.75, 3.05) is 0 Å². The third-order valence-corrected chi connectivity index (χ3v) is 6.64. The number of aromatic nitrogens is 9. The van der Waals surface area contributed by atoms with E-state index >= 15 is 0 Å². The predicted octanol–water partition coefficient (Wildman–Crippen LogP) is -0.266. The second-order valence-electron chi connectivity index (χ2n) is 10.1. The monoisotopic (exact) mass is 750 g/mol. The molecule has 3 aliphatic heterocycles. The fraction of sp³-hybridized carbons (Fsp3) is 0.111. The minimum Gasteiger partial charge on any atom is -0.231 e. The highest BCUT2D eigenvalue weighted by molar-refractivity contribution is 5.82. The van der Waals surface area contributed by atoms with Gasteiger partial charge >= 0.3 is 18.5 Å². The van der Waals surface area contributed by atoms with Crippen LogP contribution in [0.15, 0.2) is 66.0 Å². The molecule has 0 bridgehead atoms. The van der Waals surface area contributed by atoms with E-state index < -0.39 is 104 Å². The molecule has 0 saturated heterocycles. The van der Waals surface area contributed by atoms with E-state index in [1.165, 1.54) is 0 Å². The Kier molecular flexibility index (Phi) is 7.75. The highest BCUT2D eigenvalue weighted by Crippen LogP contribution is 2.28. The SMILES string of the molecule is N#CC(=C1N=c2cnc(C(F)(F)F)nc2=N1)c1nc(C(C#N)=C2N=c3cnc(C(F)(F)F)nc3=N2)nc(C(C#N)=C2N=c3cnc(C(F)(F)F)nc3=N2)n1. The first-order valence-corrected chi connectivity index (χ1v) is 13.8. The second kappa shape index (κ2) is 12.1. The number of alkyl halides is 9. The highest BCUT2D eigenvalue weighted by atomic mass is 19.4. The maximum Gasteiger partial charge on any atom is 0.451 e. The zero-order valence-electron chi connectivity index (χ0n) is 25.2. The van der Waals surface area contributed by atoms with Crippen LogP contribution in [0.2, 0.25) is 0 Å². The Morgan fingerprint density at radius 3 is 0.889 bits per heavy atom. The van der Waals surface area contributed by atoms with E-state index in [-0.39, 0.29) is 16.1 Å². The Hall–Kier alpha value is -7.89. The van der Waals surface area contributed by atoms with Gasteiger partial charge in [0.25, 0.3) is 0 Å². The first-order chi connectivity index (χ1) is 25.5. The molecule has 4 aromatic rings. The lowest BCUT2D eigenvalue weighted by molar-refractivity contribution is -0.145. The van der Waals surface area contributed by atoms with Crippen molar-refractivity contribution >= 4 is 16.7 Å². The molecule has 0 aliphatic carbocycles. The van der Waals surface area contributed by atoms with Gasteiger partial charge < -0.3 is 0 Å². The predicted molar refractivity (Wildman–Crippen MR) is 145 cm³/mol. The average Bonchev–Trinajstić information content (AvgIpc) is 3.83. The highest BCUT2D eigenvalue weighted by Gasteiger charge is 2.37. The molecule has 0 unspecified atom stereocenters. The fourth-order valence-electron chi connectivity index (χ4n) is 4.36. The van der Waals surface area contributed by atoms with Crippen molar-refractivity contribution in [1.82, 2.24) is 44.9 Å². The Labute approximate surface area is 287 Å². The molecule has 4 aromatic heterocycles. The van der Waals surface area contributed by atoms with Crippen molar-refractivity contribution in [1.29, 1.82) is 15.8 Å². The molecule has 0 amide bonds. The maximum atomic E-state index is 13.2. The third kappa shape index (κ3) is 6.19. The van der Waals surface area contributed by atoms with Crippen molar-refractivity contribution in [2.24, 2.45) is 30.0 Å². The van der Waals surface area contributed by atoms with E-state index in [4.69, 9.17) is 0 Å². The Morgan fingerprint density at radius 1 is 0.407 bits per heavy atom. The van der Waals surface area contributed by atoms with Gasteiger partial charge in [-0.05, 0) is 0 Å². The minimum atomic E-state index is -4.98. The van der Waals surface area contributed by atoms with Crippen LogP contribution >= 0.6 is 0 Å². The maximum absolute atomic E-state index is 13.2. The standard InChI is InChI=1S/C27H3F9N18/c28-25(29,30)22-40-4-10-19(52-22)49-13(43-10)7(1-37)16-46-17(8(2-38)14-44-11-5-41-23(26(31,32)33)53-20(11)50-14)48-18(47-16)9(3-39)15-45-12-6-42-24(27(34,35)36)54-21(12)51-15/h4-6H. The van der Waals surface area contributed by atoms with Crippen LogP contribution in [0, 0.1) is 34.0 Å². The molecule has 3 aliphatic rings. The topological polar surface area (TPSA) is 262 Å². The molecule has 54 heavy (non-hydrogen) atoms. The summed E-state index contributed by atoms with van der Waals surface area (Å²) in [5.74, 6) is -8.93. The zero-order valence-corrected chi connectivity index (χ0v) is 25.2. The van der Waals surface area contributed by atoms with Gasteiger partial charge in [-0.3, -0.25) is 0 Å². The van der Waals surface area contributed by atoms with E-state index in [0.717, 1.165) is 0 Å². The Morgan fingerprint density at radius 2 is 0.667 bits per heavy atom. The summed E-state index contributed by atoms with van der Waals surface area (Å²) < 4.78 is 119. The summed E-state index contributed by atoms with van der Waals surface area (Å²) in [6, 6.07) is 4.93. The van der Waals surface area contributed by atoms with Crippen LogP contribution in [-0.2, 0) is 18.5 Å². The molecule has 0 radical (unpaired) electrons. The van der Waals surface area contributed by atoms with Crippen LogP contribution in [0.3, 0.4) is 0 Å². The number of fused-ring (bicyclic) bond motifs is 3. The summed E-state index contributed by atoms with van der Waals surface area (Å²) in [7, 11) is 0. The van der Waals surface area contributed by atoms with Gasteiger partial charge in [-0.25, -0.2) is 74.8 Å². The summed E-state index contributed by atoms with van der Waals surface area (Å²) >= 11 is 0. The number of halogens is 9. The van der Waals surface area contributed by atoms with Crippen LogP contribution in [0.5, 0.6) is 0 Å². The molecule has 264 valence electrons. The number of nitrogens with zero attached hydrogens (tertiary/aromatic N) is 18. The van der Waals surface area contributed by atoms with Crippen LogP contribution < -0.4 is 32.5 Å². The quantitative estimate of drug-likeness (QED) is 0.194. The van der Waals surface area contributed by atoms with Crippen molar-refractivity contribution in [3.63, 3.8) is 0 Å². The molecule has 0 saturated carbocycles. The van der Waals surface area contributed by atoms with E-state index in [1.54, 1.807) is 18.2 Å². The van der Waals surface area contributed by atoms with Gasteiger partial charge in [0.05, 0.1) is 18.6 Å². The van der Waals surface area contributed by atoms with Crippen molar-refractivity contribution < 1.29 is 39.5 Å². The van der Waals surface area contributed by atoms with E-state index in [2.05, 4.69) is 74.8 Å². The molecule has 0 spiro atoms. The van der Waals surface area contributed by atoms with Crippen LogP contribution in [-0.4, -0.2) is 44.9 Å². The summed E-state index contributed by atoms with van der Waals surface area (Å²) in [6.45, 7) is 0. The van der Waals surface area contributed by atoms with Gasteiger partial charge in [-0.15, -0.1) is 0 Å². The summed E-state index contributed by atoms with van der Waals surface area (Å²) in [6.07, 6.45) is -13.0. The lowest BCUT2D eigenvalue weighted by atomic mass is 10.2. The van der Waals surface area contributed by atoms with E-state index in [9.17, 15) is 55.3 Å². The number of rotatable bonds is 3. The van der Waals surface area contributed by atoms with Gasteiger partial charge in [-0.1, -0.05) is 0 Å². The summed E-state index contributed by atoms with van der Waals surface area (Å²) in [5, 5.41) is 29.4. The molecule has 7 rings (SSSR count). The molecule has 0 aromatic carbocycles. The second-order valence-corrected chi connectivity index (χ2v) is 10.1. The lowest BCUT2D eigenvalue weighted by Crippen LogP contribution is -2.30. The minimum absolute atomic E-state index is 0.318. The number of allylic oxidation sites excluding steroid dienone is 3. The molecule has 0 fully saturated rings. The van der Waals surface area contributed by atoms with Gasteiger partial charge in [0.2, 0.25) is 17.5 Å². The number of hydrogen-bond donors (Lipinski definition) is 0.